The quantitative estimate of drug-likeness (QED) is 0.359. The fourth-order valence-corrected chi connectivity index (χ4v) is 3.08. The van der Waals surface area contributed by atoms with E-state index in [1.54, 1.807) is 14.0 Å². The van der Waals surface area contributed by atoms with Gasteiger partial charge in [-0.1, -0.05) is 0 Å². The summed E-state index contributed by atoms with van der Waals surface area (Å²) >= 11 is 0. The van der Waals surface area contributed by atoms with Crippen molar-refractivity contribution in [2.45, 2.75) is 26.7 Å². The molecule has 1 atom stereocenters. The van der Waals surface area contributed by atoms with Crippen LogP contribution in [0.1, 0.15) is 26.7 Å². The first-order valence-corrected chi connectivity index (χ1v) is 9.67. The molecule has 0 aromatic rings. The van der Waals surface area contributed by atoms with Crippen molar-refractivity contribution in [2.24, 2.45) is 10.9 Å². The number of likely N-dealkylation sites (tertiary alicyclic amines) is 1. The van der Waals surface area contributed by atoms with Gasteiger partial charge < -0.3 is 15.0 Å². The fraction of sp³-hybridized carbons (Fsp3) is 0.929. The van der Waals surface area contributed by atoms with E-state index in [-0.39, 0.29) is 5.75 Å². The maximum absolute atomic E-state index is 11.3. The summed E-state index contributed by atoms with van der Waals surface area (Å²) in [4.78, 5) is 6.84. The Hall–Kier alpha value is -0.860. The molecule has 7 nitrogen and oxygen atoms in total. The topological polar surface area (TPSA) is 83.0 Å². The van der Waals surface area contributed by atoms with Crippen LogP contribution in [0, 0.1) is 5.92 Å². The van der Waals surface area contributed by atoms with Crippen LogP contribution in [0.2, 0.25) is 0 Å². The highest BCUT2D eigenvalue weighted by molar-refractivity contribution is 7.89. The number of nitrogens with one attached hydrogen (secondary N) is 2. The highest BCUT2D eigenvalue weighted by Crippen LogP contribution is 2.16. The van der Waals surface area contributed by atoms with Gasteiger partial charge in [-0.3, -0.25) is 4.99 Å². The molecule has 130 valence electrons. The lowest BCUT2D eigenvalue weighted by molar-refractivity contribution is 0.157. The van der Waals surface area contributed by atoms with Gasteiger partial charge in [0.15, 0.2) is 5.96 Å². The van der Waals surface area contributed by atoms with Crippen LogP contribution in [0.15, 0.2) is 4.99 Å². The standard InChI is InChI=1S/C14H30N4O3S/c1-4-15-14(18-10-7-13(11-18)12-21-3)16-8-6-9-17-22(19,20)5-2/h13,17H,4-12H2,1-3H3,(H,15,16). The molecule has 22 heavy (non-hydrogen) atoms. The molecule has 0 aromatic heterocycles. The zero-order chi connectivity index (χ0) is 16.4. The lowest BCUT2D eigenvalue weighted by Crippen LogP contribution is -2.40. The molecule has 2 N–H and O–H groups in total. The lowest BCUT2D eigenvalue weighted by Gasteiger charge is -2.21. The van der Waals surface area contributed by atoms with E-state index in [0.717, 1.165) is 38.6 Å². The number of methoxy groups -OCH3 is 1. The van der Waals surface area contributed by atoms with Crippen molar-refractivity contribution in [1.82, 2.24) is 14.9 Å². The van der Waals surface area contributed by atoms with Gasteiger partial charge in [0.1, 0.15) is 0 Å². The number of nitrogens with zero attached hydrogens (tertiary/aromatic N) is 2. The zero-order valence-corrected chi connectivity index (χ0v) is 14.8. The van der Waals surface area contributed by atoms with Crippen molar-refractivity contribution < 1.29 is 13.2 Å². The van der Waals surface area contributed by atoms with E-state index >= 15 is 0 Å². The molecular formula is C14H30N4O3S. The summed E-state index contributed by atoms with van der Waals surface area (Å²) in [6.45, 7) is 8.29. The Morgan fingerprint density at radius 1 is 1.41 bits per heavy atom. The van der Waals surface area contributed by atoms with Gasteiger partial charge in [0, 0.05) is 45.8 Å². The van der Waals surface area contributed by atoms with Gasteiger partial charge in [-0.15, -0.1) is 0 Å². The number of hydrogen-bond acceptors (Lipinski definition) is 4. The summed E-state index contributed by atoms with van der Waals surface area (Å²) < 4.78 is 30.4. The predicted molar refractivity (Wildman–Crippen MR) is 89.6 cm³/mol. The molecule has 0 bridgehead atoms. The van der Waals surface area contributed by atoms with Crippen molar-refractivity contribution in [3.8, 4) is 0 Å². The second-order valence-corrected chi connectivity index (χ2v) is 7.54. The monoisotopic (exact) mass is 334 g/mol. The molecule has 0 radical (unpaired) electrons. The fourth-order valence-electron chi connectivity index (χ4n) is 2.42. The third kappa shape index (κ3) is 6.93. The number of sulfonamides is 1. The molecule has 0 aliphatic carbocycles. The van der Waals surface area contributed by atoms with Crippen LogP contribution in [0.4, 0.5) is 0 Å². The molecule has 0 saturated carbocycles. The van der Waals surface area contributed by atoms with Crippen LogP contribution in [0.5, 0.6) is 0 Å². The first kappa shape index (κ1) is 19.2. The molecule has 1 fully saturated rings. The molecule has 0 aromatic carbocycles. The number of ether oxygens (including phenoxy) is 1. The molecule has 1 aliphatic rings. The summed E-state index contributed by atoms with van der Waals surface area (Å²) in [5.41, 5.74) is 0. The minimum absolute atomic E-state index is 0.119. The zero-order valence-electron chi connectivity index (χ0n) is 14.0. The first-order chi connectivity index (χ1) is 10.5. The summed E-state index contributed by atoms with van der Waals surface area (Å²) in [5.74, 6) is 1.60. The molecular weight excluding hydrogens is 304 g/mol. The SMILES string of the molecule is CCNC(=NCCCNS(=O)(=O)CC)N1CCC(COC)C1. The minimum atomic E-state index is -3.10. The molecule has 1 unspecified atom stereocenters. The molecule has 1 heterocycles. The third-order valence-electron chi connectivity index (χ3n) is 3.62. The maximum atomic E-state index is 11.3. The van der Waals surface area contributed by atoms with Crippen molar-refractivity contribution in [3.63, 3.8) is 0 Å². The van der Waals surface area contributed by atoms with E-state index in [9.17, 15) is 8.42 Å². The molecule has 0 amide bonds. The first-order valence-electron chi connectivity index (χ1n) is 8.02. The summed E-state index contributed by atoms with van der Waals surface area (Å²) in [6.07, 6.45) is 1.82. The van der Waals surface area contributed by atoms with Gasteiger partial charge in [0.25, 0.3) is 0 Å². The Bertz CT molecular complexity index is 439. The van der Waals surface area contributed by atoms with E-state index in [0.29, 0.717) is 25.4 Å². The van der Waals surface area contributed by atoms with Gasteiger partial charge in [0.05, 0.1) is 12.4 Å². The average molecular weight is 334 g/mol. The normalized spacial score (nSPS) is 19.7. The number of aliphatic imine (C=N–C) groups is 1. The van der Waals surface area contributed by atoms with Gasteiger partial charge >= 0.3 is 0 Å². The highest BCUT2D eigenvalue weighted by atomic mass is 32.2. The Morgan fingerprint density at radius 2 is 2.18 bits per heavy atom. The van der Waals surface area contributed by atoms with E-state index < -0.39 is 10.0 Å². The number of hydrogen-bond donors (Lipinski definition) is 2. The van der Waals surface area contributed by atoms with E-state index in [1.165, 1.54) is 0 Å². The highest BCUT2D eigenvalue weighted by Gasteiger charge is 2.24. The Morgan fingerprint density at radius 3 is 2.82 bits per heavy atom. The minimum Gasteiger partial charge on any atom is -0.384 e. The molecule has 1 rings (SSSR count). The summed E-state index contributed by atoms with van der Waals surface area (Å²) in [7, 11) is -1.36. The lowest BCUT2D eigenvalue weighted by atomic mass is 10.1. The second kappa shape index (κ2) is 10.0. The smallest absolute Gasteiger partial charge is 0.211 e. The van der Waals surface area contributed by atoms with Crippen molar-refractivity contribution >= 4 is 16.0 Å². The molecule has 1 saturated heterocycles. The largest absolute Gasteiger partial charge is 0.384 e. The van der Waals surface area contributed by atoms with Gasteiger partial charge in [0.2, 0.25) is 10.0 Å². The van der Waals surface area contributed by atoms with Crippen LogP contribution in [-0.4, -0.2) is 71.5 Å². The number of guanidine groups is 1. The Labute approximate surface area is 134 Å². The van der Waals surface area contributed by atoms with Gasteiger partial charge in [-0.05, 0) is 26.7 Å². The van der Waals surface area contributed by atoms with E-state index in [2.05, 4.69) is 19.9 Å². The third-order valence-corrected chi connectivity index (χ3v) is 5.03. The molecule has 0 spiro atoms. The van der Waals surface area contributed by atoms with Crippen LogP contribution < -0.4 is 10.0 Å². The van der Waals surface area contributed by atoms with Crippen molar-refractivity contribution in [2.75, 3.05) is 52.2 Å². The number of rotatable bonds is 9. The van der Waals surface area contributed by atoms with Crippen LogP contribution in [0.25, 0.3) is 0 Å². The maximum Gasteiger partial charge on any atom is 0.211 e. The van der Waals surface area contributed by atoms with Gasteiger partial charge in [-0.2, -0.15) is 0 Å². The summed E-state index contributed by atoms with van der Waals surface area (Å²) in [6, 6.07) is 0. The van der Waals surface area contributed by atoms with Crippen LogP contribution in [-0.2, 0) is 14.8 Å². The van der Waals surface area contributed by atoms with E-state index in [1.807, 2.05) is 6.92 Å². The van der Waals surface area contributed by atoms with Crippen molar-refractivity contribution in [1.29, 1.82) is 0 Å². The molecule has 8 heteroatoms. The second-order valence-electron chi connectivity index (χ2n) is 5.44. The van der Waals surface area contributed by atoms with Crippen LogP contribution >= 0.6 is 0 Å². The van der Waals surface area contributed by atoms with Crippen LogP contribution in [0.3, 0.4) is 0 Å². The molecule has 1 aliphatic heterocycles. The van der Waals surface area contributed by atoms with E-state index in [4.69, 9.17) is 4.74 Å². The Balaban J connectivity index is 2.39. The Kier molecular flexibility index (Phi) is 8.74. The van der Waals surface area contributed by atoms with Gasteiger partial charge in [-0.25, -0.2) is 13.1 Å². The summed E-state index contributed by atoms with van der Waals surface area (Å²) in [5, 5.41) is 3.30. The predicted octanol–water partition coefficient (Wildman–Crippen LogP) is 0.250. The average Bonchev–Trinajstić information content (AvgIpc) is 2.94. The van der Waals surface area contributed by atoms with Crippen molar-refractivity contribution in [3.05, 3.63) is 0 Å².